The van der Waals surface area contributed by atoms with Crippen molar-refractivity contribution in [2.45, 2.75) is 33.7 Å². The highest BCUT2D eigenvalue weighted by molar-refractivity contribution is 5.65. The molecule has 0 unspecified atom stereocenters. The molecule has 0 fully saturated rings. The Morgan fingerprint density at radius 1 is 1.16 bits per heavy atom. The Hall–Kier alpha value is -1.98. The van der Waals surface area contributed by atoms with Crippen LogP contribution < -0.4 is 11.1 Å². The Kier molecular flexibility index (Phi) is 3.50. The third kappa shape index (κ3) is 2.30. The molecule has 0 aliphatic carbocycles. The van der Waals surface area contributed by atoms with Crippen LogP contribution in [0.25, 0.3) is 0 Å². The van der Waals surface area contributed by atoms with Crippen LogP contribution in [0.4, 0.5) is 11.5 Å². The van der Waals surface area contributed by atoms with E-state index in [1.807, 2.05) is 25.7 Å². The molecule has 3 N–H and O–H groups in total. The molecule has 0 aromatic carbocycles. The standard InChI is InChI=1S/C13H22N6/c1-6-11-12(14)13(19(5)17-11)15-7-10-8(2)16-18(4)9(10)3/h15H,6-7,14H2,1-5H3. The molecule has 6 heteroatoms. The minimum absolute atomic E-state index is 0.707. The van der Waals surface area contributed by atoms with Gasteiger partial charge in [-0.25, -0.2) is 0 Å². The molecule has 2 aromatic heterocycles. The number of aryl methyl sites for hydroxylation is 4. The lowest BCUT2D eigenvalue weighted by molar-refractivity contribution is 0.729. The van der Waals surface area contributed by atoms with E-state index < -0.39 is 0 Å². The van der Waals surface area contributed by atoms with Gasteiger partial charge in [-0.2, -0.15) is 10.2 Å². The van der Waals surface area contributed by atoms with Crippen molar-refractivity contribution in [2.75, 3.05) is 11.1 Å². The number of nitrogens with one attached hydrogen (secondary N) is 1. The van der Waals surface area contributed by atoms with E-state index in [0.717, 1.165) is 29.3 Å². The van der Waals surface area contributed by atoms with E-state index in [-0.39, 0.29) is 0 Å². The van der Waals surface area contributed by atoms with Crippen molar-refractivity contribution in [1.29, 1.82) is 0 Å². The number of nitrogen functional groups attached to an aromatic ring is 1. The molecule has 0 spiro atoms. The minimum Gasteiger partial charge on any atom is -0.394 e. The van der Waals surface area contributed by atoms with Crippen molar-refractivity contribution >= 4 is 11.5 Å². The van der Waals surface area contributed by atoms with Gasteiger partial charge in [-0.15, -0.1) is 0 Å². The summed E-state index contributed by atoms with van der Waals surface area (Å²) in [7, 11) is 3.86. The lowest BCUT2D eigenvalue weighted by Gasteiger charge is -2.08. The zero-order valence-electron chi connectivity index (χ0n) is 12.3. The lowest BCUT2D eigenvalue weighted by atomic mass is 10.2. The van der Waals surface area contributed by atoms with Gasteiger partial charge in [-0.3, -0.25) is 9.36 Å². The summed E-state index contributed by atoms with van der Waals surface area (Å²) in [5.41, 5.74) is 11.2. The van der Waals surface area contributed by atoms with Crippen molar-refractivity contribution in [1.82, 2.24) is 19.6 Å². The third-order valence-corrected chi connectivity index (χ3v) is 3.59. The lowest BCUT2D eigenvalue weighted by Crippen LogP contribution is -2.07. The summed E-state index contributed by atoms with van der Waals surface area (Å²) in [4.78, 5) is 0. The summed E-state index contributed by atoms with van der Waals surface area (Å²) in [5.74, 6) is 0.875. The van der Waals surface area contributed by atoms with Gasteiger partial charge in [0.05, 0.1) is 17.1 Å². The molecular weight excluding hydrogens is 240 g/mol. The van der Waals surface area contributed by atoms with Crippen molar-refractivity contribution in [2.24, 2.45) is 14.1 Å². The van der Waals surface area contributed by atoms with E-state index >= 15 is 0 Å². The largest absolute Gasteiger partial charge is 0.394 e. The second-order valence-corrected chi connectivity index (χ2v) is 4.81. The van der Waals surface area contributed by atoms with Gasteiger partial charge in [0.25, 0.3) is 0 Å². The molecule has 0 aliphatic heterocycles. The SMILES string of the molecule is CCc1nn(C)c(NCc2c(C)nn(C)c2C)c1N. The molecule has 0 saturated carbocycles. The second kappa shape index (κ2) is 4.95. The van der Waals surface area contributed by atoms with Gasteiger partial charge < -0.3 is 11.1 Å². The quantitative estimate of drug-likeness (QED) is 0.876. The Morgan fingerprint density at radius 3 is 2.32 bits per heavy atom. The normalized spacial score (nSPS) is 11.0. The summed E-state index contributed by atoms with van der Waals surface area (Å²) in [5, 5.41) is 12.2. The first kappa shape index (κ1) is 13.5. The maximum atomic E-state index is 6.09. The van der Waals surface area contributed by atoms with E-state index in [2.05, 4.69) is 29.4 Å². The van der Waals surface area contributed by atoms with Gasteiger partial charge in [-0.05, 0) is 20.3 Å². The molecular formula is C13H22N6. The van der Waals surface area contributed by atoms with Gasteiger partial charge in [-0.1, -0.05) is 6.92 Å². The molecule has 0 radical (unpaired) electrons. The second-order valence-electron chi connectivity index (χ2n) is 4.81. The number of nitrogens with two attached hydrogens (primary N) is 1. The summed E-state index contributed by atoms with van der Waals surface area (Å²) >= 11 is 0. The van der Waals surface area contributed by atoms with Crippen LogP contribution in [-0.4, -0.2) is 19.6 Å². The molecule has 6 nitrogen and oxygen atoms in total. The van der Waals surface area contributed by atoms with Crippen molar-refractivity contribution in [3.05, 3.63) is 22.6 Å². The van der Waals surface area contributed by atoms with Crippen LogP contribution in [0.5, 0.6) is 0 Å². The van der Waals surface area contributed by atoms with E-state index in [1.165, 1.54) is 11.3 Å². The van der Waals surface area contributed by atoms with Crippen LogP contribution in [0.3, 0.4) is 0 Å². The highest BCUT2D eigenvalue weighted by Gasteiger charge is 2.14. The number of anilines is 2. The maximum absolute atomic E-state index is 6.09. The van der Waals surface area contributed by atoms with Crippen molar-refractivity contribution in [3.63, 3.8) is 0 Å². The highest BCUT2D eigenvalue weighted by atomic mass is 15.3. The van der Waals surface area contributed by atoms with Crippen LogP contribution in [-0.2, 0) is 27.1 Å². The summed E-state index contributed by atoms with van der Waals surface area (Å²) in [6, 6.07) is 0. The Bertz CT molecular complexity index is 593. The summed E-state index contributed by atoms with van der Waals surface area (Å²) in [6.45, 7) is 6.85. The van der Waals surface area contributed by atoms with E-state index in [0.29, 0.717) is 6.54 Å². The molecule has 0 aliphatic rings. The van der Waals surface area contributed by atoms with Gasteiger partial charge >= 0.3 is 0 Å². The highest BCUT2D eigenvalue weighted by Crippen LogP contribution is 2.23. The van der Waals surface area contributed by atoms with E-state index in [4.69, 9.17) is 5.73 Å². The first-order valence-electron chi connectivity index (χ1n) is 6.50. The monoisotopic (exact) mass is 262 g/mol. The van der Waals surface area contributed by atoms with Gasteiger partial charge in [0.2, 0.25) is 0 Å². The predicted octanol–water partition coefficient (Wildman–Crippen LogP) is 1.53. The van der Waals surface area contributed by atoms with Gasteiger partial charge in [0.15, 0.2) is 0 Å². The number of nitrogens with zero attached hydrogens (tertiary/aromatic N) is 4. The smallest absolute Gasteiger partial charge is 0.148 e. The van der Waals surface area contributed by atoms with Crippen LogP contribution >= 0.6 is 0 Å². The summed E-state index contributed by atoms with van der Waals surface area (Å²) in [6.07, 6.45) is 0.840. The van der Waals surface area contributed by atoms with E-state index in [9.17, 15) is 0 Å². The molecule has 0 atom stereocenters. The third-order valence-electron chi connectivity index (χ3n) is 3.59. The fourth-order valence-electron chi connectivity index (χ4n) is 2.31. The number of hydrogen-bond acceptors (Lipinski definition) is 4. The fraction of sp³-hybridized carbons (Fsp3) is 0.538. The van der Waals surface area contributed by atoms with Crippen LogP contribution in [0.1, 0.15) is 29.6 Å². The number of rotatable bonds is 4. The zero-order chi connectivity index (χ0) is 14.2. The van der Waals surface area contributed by atoms with Crippen molar-refractivity contribution in [3.8, 4) is 0 Å². The molecule has 2 aromatic rings. The average molecular weight is 262 g/mol. The maximum Gasteiger partial charge on any atom is 0.148 e. The van der Waals surface area contributed by atoms with Crippen LogP contribution in [0.2, 0.25) is 0 Å². The molecule has 0 bridgehead atoms. The van der Waals surface area contributed by atoms with Crippen LogP contribution in [0.15, 0.2) is 0 Å². The number of hydrogen-bond donors (Lipinski definition) is 2. The van der Waals surface area contributed by atoms with E-state index in [1.54, 1.807) is 4.68 Å². The average Bonchev–Trinajstić information content (AvgIpc) is 2.77. The predicted molar refractivity (Wildman–Crippen MR) is 77.0 cm³/mol. The molecule has 0 amide bonds. The fourth-order valence-corrected chi connectivity index (χ4v) is 2.31. The van der Waals surface area contributed by atoms with Gasteiger partial charge in [0, 0.05) is 31.9 Å². The van der Waals surface area contributed by atoms with Gasteiger partial charge in [0.1, 0.15) is 5.82 Å². The molecule has 0 saturated heterocycles. The Labute approximate surface area is 113 Å². The number of aromatic nitrogens is 4. The first-order chi connectivity index (χ1) is 8.95. The molecule has 2 heterocycles. The summed E-state index contributed by atoms with van der Waals surface area (Å²) < 4.78 is 3.70. The topological polar surface area (TPSA) is 73.7 Å². The molecule has 2 rings (SSSR count). The van der Waals surface area contributed by atoms with Crippen molar-refractivity contribution < 1.29 is 0 Å². The zero-order valence-corrected chi connectivity index (χ0v) is 12.3. The minimum atomic E-state index is 0.707. The first-order valence-corrected chi connectivity index (χ1v) is 6.50. The molecule has 19 heavy (non-hydrogen) atoms. The van der Waals surface area contributed by atoms with Crippen LogP contribution in [0, 0.1) is 13.8 Å². The molecule has 104 valence electrons. The Morgan fingerprint density at radius 2 is 1.84 bits per heavy atom. The Balaban J connectivity index is 2.21.